The van der Waals surface area contributed by atoms with Crippen LogP contribution in [0.2, 0.25) is 0 Å². The molecular weight excluding hydrogens is 218 g/mol. The van der Waals surface area contributed by atoms with Crippen LogP contribution in [0.5, 0.6) is 0 Å². The number of ether oxygens (including phenoxy) is 1. The van der Waals surface area contributed by atoms with E-state index in [1.165, 1.54) is 0 Å². The van der Waals surface area contributed by atoms with E-state index >= 15 is 0 Å². The number of rotatable bonds is 2. The minimum atomic E-state index is -0.941. The molecule has 3 unspecified atom stereocenters. The Morgan fingerprint density at radius 2 is 2.35 bits per heavy atom. The minimum Gasteiger partial charge on any atom is -0.478 e. The van der Waals surface area contributed by atoms with Gasteiger partial charge in [0.1, 0.15) is 0 Å². The summed E-state index contributed by atoms with van der Waals surface area (Å²) in [6, 6.07) is -0.506. The van der Waals surface area contributed by atoms with E-state index < -0.39 is 17.4 Å². The molecule has 0 aromatic rings. The zero-order valence-electron chi connectivity index (χ0n) is 10.1. The lowest BCUT2D eigenvalue weighted by Gasteiger charge is -2.43. The van der Waals surface area contributed by atoms with E-state index in [-0.39, 0.29) is 11.7 Å². The van der Waals surface area contributed by atoms with Crippen molar-refractivity contribution in [1.29, 1.82) is 0 Å². The summed E-state index contributed by atoms with van der Waals surface area (Å²) in [6.45, 7) is 2.73. The van der Waals surface area contributed by atoms with E-state index in [1.807, 2.05) is 13.0 Å². The Morgan fingerprint density at radius 1 is 1.59 bits per heavy atom. The number of aliphatic carboxylic acids is 1. The minimum absolute atomic E-state index is 0.0190. The van der Waals surface area contributed by atoms with Crippen molar-refractivity contribution < 1.29 is 14.6 Å². The van der Waals surface area contributed by atoms with Gasteiger partial charge in [0, 0.05) is 18.1 Å². The van der Waals surface area contributed by atoms with Gasteiger partial charge in [-0.1, -0.05) is 25.2 Å². The highest BCUT2D eigenvalue weighted by molar-refractivity contribution is 5.89. The van der Waals surface area contributed by atoms with Crippen molar-refractivity contribution in [2.24, 2.45) is 11.1 Å². The zero-order valence-corrected chi connectivity index (χ0v) is 10.1. The first-order valence-electron chi connectivity index (χ1n) is 6.05. The van der Waals surface area contributed by atoms with Crippen LogP contribution in [0.4, 0.5) is 0 Å². The number of allylic oxidation sites excluding steroid dienone is 2. The number of carboxylic acids is 1. The van der Waals surface area contributed by atoms with Crippen LogP contribution in [-0.4, -0.2) is 29.8 Å². The summed E-state index contributed by atoms with van der Waals surface area (Å²) in [5, 5.41) is 9.12. The smallest absolute Gasteiger partial charge is 0.333 e. The van der Waals surface area contributed by atoms with Crippen LogP contribution in [0, 0.1) is 5.41 Å². The third kappa shape index (κ3) is 2.15. The third-order valence-corrected chi connectivity index (χ3v) is 3.86. The Morgan fingerprint density at radius 3 is 2.94 bits per heavy atom. The van der Waals surface area contributed by atoms with Crippen molar-refractivity contribution in [3.05, 3.63) is 23.8 Å². The van der Waals surface area contributed by atoms with E-state index in [9.17, 15) is 4.79 Å². The highest BCUT2D eigenvalue weighted by Crippen LogP contribution is 2.39. The second-order valence-corrected chi connectivity index (χ2v) is 4.99. The van der Waals surface area contributed by atoms with Gasteiger partial charge in [0.05, 0.1) is 11.7 Å². The molecule has 1 aliphatic heterocycles. The summed E-state index contributed by atoms with van der Waals surface area (Å²) in [6.07, 6.45) is 8.51. The maximum Gasteiger partial charge on any atom is 0.333 e. The van der Waals surface area contributed by atoms with Gasteiger partial charge in [0.2, 0.25) is 0 Å². The Kier molecular flexibility index (Phi) is 3.35. The van der Waals surface area contributed by atoms with Crippen LogP contribution >= 0.6 is 0 Å². The fourth-order valence-electron chi connectivity index (χ4n) is 2.64. The van der Waals surface area contributed by atoms with Gasteiger partial charge in [-0.15, -0.1) is 0 Å². The van der Waals surface area contributed by atoms with Gasteiger partial charge >= 0.3 is 5.97 Å². The van der Waals surface area contributed by atoms with Gasteiger partial charge in [0.25, 0.3) is 0 Å². The number of carboxylic acid groups (broad SMARTS) is 1. The van der Waals surface area contributed by atoms with Crippen LogP contribution in [0.25, 0.3) is 0 Å². The second-order valence-electron chi connectivity index (χ2n) is 4.99. The van der Waals surface area contributed by atoms with Gasteiger partial charge < -0.3 is 15.6 Å². The molecule has 1 aliphatic carbocycles. The Hall–Kier alpha value is -1.13. The van der Waals surface area contributed by atoms with Crippen LogP contribution < -0.4 is 5.73 Å². The van der Waals surface area contributed by atoms with E-state index in [1.54, 1.807) is 12.2 Å². The molecule has 0 aromatic carbocycles. The number of hydrogen-bond donors (Lipinski definition) is 2. The maximum absolute atomic E-state index is 11.1. The molecule has 0 amide bonds. The zero-order chi connectivity index (χ0) is 12.5. The molecular formula is C13H19NO3. The molecule has 0 aromatic heterocycles. The maximum atomic E-state index is 11.1. The molecule has 0 saturated carbocycles. The Balaban J connectivity index is 2.23. The molecule has 4 heteroatoms. The molecule has 0 bridgehead atoms. The molecule has 17 heavy (non-hydrogen) atoms. The number of carbonyl (C=O) groups is 1. The summed E-state index contributed by atoms with van der Waals surface area (Å²) in [5.41, 5.74) is 5.96. The van der Waals surface area contributed by atoms with Gasteiger partial charge in [-0.3, -0.25) is 0 Å². The van der Waals surface area contributed by atoms with Crippen LogP contribution in [0.1, 0.15) is 26.2 Å². The van der Waals surface area contributed by atoms with Gasteiger partial charge in [-0.25, -0.2) is 4.79 Å². The molecule has 0 radical (unpaired) electrons. The van der Waals surface area contributed by atoms with Crippen molar-refractivity contribution >= 4 is 5.97 Å². The normalized spacial score (nSPS) is 37.6. The fourth-order valence-corrected chi connectivity index (χ4v) is 2.64. The van der Waals surface area contributed by atoms with Crippen molar-refractivity contribution in [3.8, 4) is 0 Å². The summed E-state index contributed by atoms with van der Waals surface area (Å²) in [7, 11) is 0. The SMILES string of the molecule is CC1(C2CCCCO2)C=CC=C(C(=O)O)C1N. The summed E-state index contributed by atoms with van der Waals surface area (Å²) in [4.78, 5) is 11.1. The monoisotopic (exact) mass is 237 g/mol. The first-order chi connectivity index (χ1) is 8.05. The summed E-state index contributed by atoms with van der Waals surface area (Å²) in [5.74, 6) is -0.941. The standard InChI is InChI=1S/C13H19NO3/c1-13(10-6-2-3-8-17-10)7-4-5-9(11(13)14)12(15)16/h4-5,7,10-11H,2-3,6,8,14H2,1H3,(H,15,16). The Bertz CT molecular complexity index is 369. The quantitative estimate of drug-likeness (QED) is 0.762. The molecule has 2 aliphatic rings. The van der Waals surface area contributed by atoms with Crippen molar-refractivity contribution in [2.45, 2.75) is 38.3 Å². The van der Waals surface area contributed by atoms with Gasteiger partial charge in [-0.05, 0) is 19.3 Å². The first-order valence-corrected chi connectivity index (χ1v) is 6.05. The largest absolute Gasteiger partial charge is 0.478 e. The lowest BCUT2D eigenvalue weighted by atomic mass is 9.70. The van der Waals surface area contributed by atoms with Crippen LogP contribution in [0.15, 0.2) is 23.8 Å². The highest BCUT2D eigenvalue weighted by atomic mass is 16.5. The van der Waals surface area contributed by atoms with Gasteiger partial charge in [0.15, 0.2) is 0 Å². The molecule has 1 heterocycles. The second kappa shape index (κ2) is 4.63. The number of hydrogen-bond acceptors (Lipinski definition) is 3. The lowest BCUT2D eigenvalue weighted by Crippen LogP contribution is -2.51. The van der Waals surface area contributed by atoms with Crippen molar-refractivity contribution in [2.75, 3.05) is 6.61 Å². The van der Waals surface area contributed by atoms with E-state index in [2.05, 4.69) is 0 Å². The topological polar surface area (TPSA) is 72.5 Å². The van der Waals surface area contributed by atoms with Crippen molar-refractivity contribution in [1.82, 2.24) is 0 Å². The summed E-state index contributed by atoms with van der Waals surface area (Å²) >= 11 is 0. The molecule has 3 N–H and O–H groups in total. The molecule has 3 atom stereocenters. The van der Waals surface area contributed by atoms with Crippen LogP contribution in [-0.2, 0) is 9.53 Å². The van der Waals surface area contributed by atoms with E-state index in [0.29, 0.717) is 0 Å². The molecule has 2 rings (SSSR count). The Labute approximate surface area is 101 Å². The third-order valence-electron chi connectivity index (χ3n) is 3.86. The van der Waals surface area contributed by atoms with Gasteiger partial charge in [-0.2, -0.15) is 0 Å². The fraction of sp³-hybridized carbons (Fsp3) is 0.615. The molecule has 1 saturated heterocycles. The molecule has 4 nitrogen and oxygen atoms in total. The van der Waals surface area contributed by atoms with E-state index in [4.69, 9.17) is 15.6 Å². The predicted molar refractivity (Wildman–Crippen MR) is 64.5 cm³/mol. The molecule has 94 valence electrons. The summed E-state index contributed by atoms with van der Waals surface area (Å²) < 4.78 is 5.77. The predicted octanol–water partition coefficient (Wildman–Crippen LogP) is 1.47. The number of nitrogens with two attached hydrogens (primary N) is 1. The average molecular weight is 237 g/mol. The van der Waals surface area contributed by atoms with E-state index in [0.717, 1.165) is 25.9 Å². The lowest BCUT2D eigenvalue weighted by molar-refractivity contribution is -0.133. The molecule has 1 fully saturated rings. The first kappa shape index (κ1) is 12.3. The molecule has 0 spiro atoms. The highest BCUT2D eigenvalue weighted by Gasteiger charge is 2.43. The van der Waals surface area contributed by atoms with Crippen molar-refractivity contribution in [3.63, 3.8) is 0 Å². The van der Waals surface area contributed by atoms with Crippen LogP contribution in [0.3, 0.4) is 0 Å². The average Bonchev–Trinajstić information content (AvgIpc) is 2.33.